The Morgan fingerprint density at radius 1 is 0.373 bits per heavy atom. The molecule has 0 radical (unpaired) electrons. The third-order valence-corrected chi connectivity index (χ3v) is 11.0. The minimum Gasteiger partial charge on any atom is -0.456 e. The van der Waals surface area contributed by atoms with Crippen molar-refractivity contribution in [1.82, 2.24) is 15.0 Å². The maximum Gasteiger partial charge on any atom is 0.164 e. The van der Waals surface area contributed by atoms with Gasteiger partial charge in [-0.2, -0.15) is 0 Å². The Bertz CT molecular complexity index is 3160. The fraction of sp³-hybridized carbons (Fsp3) is 0. The number of fused-ring (bicyclic) bond motifs is 9. The first-order valence-electron chi connectivity index (χ1n) is 16.8. The molecule has 0 atom stereocenters. The molecule has 6 heteroatoms. The van der Waals surface area contributed by atoms with Crippen LogP contribution in [0.15, 0.2) is 160 Å². The summed E-state index contributed by atoms with van der Waals surface area (Å²) < 4.78 is 15.3. The van der Waals surface area contributed by atoms with Crippen molar-refractivity contribution in [2.75, 3.05) is 0 Å². The monoisotopic (exact) mass is 671 g/mol. The molecule has 5 nitrogen and oxygen atoms in total. The van der Waals surface area contributed by atoms with Crippen LogP contribution in [-0.4, -0.2) is 15.0 Å². The molecule has 0 unspecified atom stereocenters. The second-order valence-corrected chi connectivity index (χ2v) is 13.8. The SMILES string of the molecule is c1ccc(-c2nc(-c3ccc4c(c3)oc3cccc(-c5cccc6c5sc5ccccc56)c34)nc(-c3ccc4oc5ccccc5c4c3)n2)cc1. The first kappa shape index (κ1) is 28.2. The van der Waals surface area contributed by atoms with Gasteiger partial charge in [0, 0.05) is 64.0 Å². The highest BCUT2D eigenvalue weighted by molar-refractivity contribution is 7.26. The maximum absolute atomic E-state index is 6.58. The molecule has 0 amide bonds. The van der Waals surface area contributed by atoms with E-state index in [1.54, 1.807) is 0 Å². The highest BCUT2D eigenvalue weighted by atomic mass is 32.1. The Balaban J connectivity index is 1.08. The first-order valence-corrected chi connectivity index (χ1v) is 17.7. The lowest BCUT2D eigenvalue weighted by molar-refractivity contribution is 0.668. The van der Waals surface area contributed by atoms with Crippen LogP contribution in [0.25, 0.3) is 109 Å². The summed E-state index contributed by atoms with van der Waals surface area (Å²) in [5, 5.41) is 6.81. The Kier molecular flexibility index (Phi) is 6.05. The summed E-state index contributed by atoms with van der Waals surface area (Å²) in [6.45, 7) is 0. The van der Waals surface area contributed by atoms with Crippen molar-refractivity contribution >= 4 is 75.4 Å². The van der Waals surface area contributed by atoms with E-state index in [-0.39, 0.29) is 0 Å². The summed E-state index contributed by atoms with van der Waals surface area (Å²) in [4.78, 5) is 15.0. The van der Waals surface area contributed by atoms with E-state index in [1.807, 2.05) is 78.1 Å². The summed E-state index contributed by atoms with van der Waals surface area (Å²) in [5.74, 6) is 1.78. The number of benzene rings is 7. The molecular weight excluding hydrogens is 647 g/mol. The van der Waals surface area contributed by atoms with Crippen molar-refractivity contribution in [3.05, 3.63) is 152 Å². The van der Waals surface area contributed by atoms with E-state index in [9.17, 15) is 0 Å². The number of hydrogen-bond donors (Lipinski definition) is 0. The van der Waals surface area contributed by atoms with Crippen molar-refractivity contribution < 1.29 is 8.83 Å². The molecule has 4 heterocycles. The van der Waals surface area contributed by atoms with E-state index in [4.69, 9.17) is 23.8 Å². The molecule has 11 aromatic rings. The molecule has 0 N–H and O–H groups in total. The molecule has 0 fully saturated rings. The fourth-order valence-electron chi connectivity index (χ4n) is 7.36. The van der Waals surface area contributed by atoms with Gasteiger partial charge in [-0.25, -0.2) is 15.0 Å². The van der Waals surface area contributed by atoms with E-state index in [0.29, 0.717) is 17.5 Å². The second kappa shape index (κ2) is 10.9. The normalized spacial score (nSPS) is 11.9. The van der Waals surface area contributed by atoms with Gasteiger partial charge in [0.1, 0.15) is 22.3 Å². The maximum atomic E-state index is 6.58. The average molecular weight is 672 g/mol. The number of para-hydroxylation sites is 1. The van der Waals surface area contributed by atoms with Crippen molar-refractivity contribution in [1.29, 1.82) is 0 Å². The van der Waals surface area contributed by atoms with Crippen molar-refractivity contribution in [3.63, 3.8) is 0 Å². The Morgan fingerprint density at radius 2 is 1.00 bits per heavy atom. The number of thiophene rings is 1. The lowest BCUT2D eigenvalue weighted by atomic mass is 9.97. The molecule has 238 valence electrons. The van der Waals surface area contributed by atoms with E-state index in [0.717, 1.165) is 66.1 Å². The van der Waals surface area contributed by atoms with Gasteiger partial charge in [0.25, 0.3) is 0 Å². The van der Waals surface area contributed by atoms with E-state index >= 15 is 0 Å². The van der Waals surface area contributed by atoms with Gasteiger partial charge in [-0.3, -0.25) is 0 Å². The van der Waals surface area contributed by atoms with Crippen LogP contribution in [0.4, 0.5) is 0 Å². The van der Waals surface area contributed by atoms with Gasteiger partial charge in [0.15, 0.2) is 17.5 Å². The predicted molar refractivity (Wildman–Crippen MR) is 209 cm³/mol. The van der Waals surface area contributed by atoms with Gasteiger partial charge >= 0.3 is 0 Å². The van der Waals surface area contributed by atoms with Gasteiger partial charge in [-0.15, -0.1) is 11.3 Å². The van der Waals surface area contributed by atoms with E-state index < -0.39 is 0 Å². The highest BCUT2D eigenvalue weighted by Gasteiger charge is 2.19. The molecule has 0 saturated carbocycles. The number of hydrogen-bond acceptors (Lipinski definition) is 6. The molecule has 51 heavy (non-hydrogen) atoms. The molecule has 11 rings (SSSR count). The minimum absolute atomic E-state index is 0.577. The molecule has 0 aliphatic heterocycles. The smallest absolute Gasteiger partial charge is 0.164 e. The average Bonchev–Trinajstić information content (AvgIpc) is 3.88. The van der Waals surface area contributed by atoms with Crippen LogP contribution in [0, 0.1) is 0 Å². The zero-order chi connectivity index (χ0) is 33.5. The molecule has 0 bridgehead atoms. The summed E-state index contributed by atoms with van der Waals surface area (Å²) in [7, 11) is 0. The number of furan rings is 2. The number of rotatable bonds is 4. The predicted octanol–water partition coefficient (Wildman–Crippen LogP) is 12.7. The van der Waals surface area contributed by atoms with Crippen LogP contribution in [0.3, 0.4) is 0 Å². The van der Waals surface area contributed by atoms with Gasteiger partial charge < -0.3 is 8.83 Å². The summed E-state index contributed by atoms with van der Waals surface area (Å²) in [6.07, 6.45) is 0. The molecule has 0 aliphatic rings. The van der Waals surface area contributed by atoms with Crippen LogP contribution in [-0.2, 0) is 0 Å². The quantitative estimate of drug-likeness (QED) is 0.186. The topological polar surface area (TPSA) is 65.0 Å². The van der Waals surface area contributed by atoms with Gasteiger partial charge in [-0.1, -0.05) is 103 Å². The highest BCUT2D eigenvalue weighted by Crippen LogP contribution is 2.44. The Labute approximate surface area is 295 Å². The molecule has 0 saturated heterocycles. The molecular formula is C45H25N3O2S. The lowest BCUT2D eigenvalue weighted by Crippen LogP contribution is -2.00. The van der Waals surface area contributed by atoms with Crippen LogP contribution in [0.5, 0.6) is 0 Å². The van der Waals surface area contributed by atoms with Crippen LogP contribution < -0.4 is 0 Å². The van der Waals surface area contributed by atoms with E-state index in [2.05, 4.69) is 84.9 Å². The summed E-state index contributed by atoms with van der Waals surface area (Å²) >= 11 is 1.84. The van der Waals surface area contributed by atoms with Crippen LogP contribution in [0.1, 0.15) is 0 Å². The van der Waals surface area contributed by atoms with Gasteiger partial charge in [0.2, 0.25) is 0 Å². The van der Waals surface area contributed by atoms with Crippen molar-refractivity contribution in [3.8, 4) is 45.3 Å². The van der Waals surface area contributed by atoms with Crippen molar-refractivity contribution in [2.45, 2.75) is 0 Å². The zero-order valence-corrected chi connectivity index (χ0v) is 27.8. The van der Waals surface area contributed by atoms with Crippen molar-refractivity contribution in [2.24, 2.45) is 0 Å². The lowest BCUT2D eigenvalue weighted by Gasteiger charge is -2.09. The van der Waals surface area contributed by atoms with Gasteiger partial charge in [0.05, 0.1) is 0 Å². The van der Waals surface area contributed by atoms with Gasteiger partial charge in [-0.05, 0) is 54.1 Å². The number of nitrogens with zero attached hydrogens (tertiary/aromatic N) is 3. The number of aromatic nitrogens is 3. The van der Waals surface area contributed by atoms with Crippen LogP contribution in [0.2, 0.25) is 0 Å². The second-order valence-electron chi connectivity index (χ2n) is 12.8. The third-order valence-electron chi connectivity index (χ3n) is 9.75. The van der Waals surface area contributed by atoms with E-state index in [1.165, 1.54) is 25.7 Å². The standard InChI is InChI=1S/C45H25N3O2S/c1-2-10-26(11-3-1)43-46-44(27-21-23-37-35(24-27)29-12-4-6-17-36(29)49-37)48-45(47-43)28-20-22-34-39(25-28)50-38-18-9-14-31(41(34)38)33-16-8-15-32-30-13-5-7-19-40(30)51-42(32)33/h1-25H. The molecule has 7 aromatic carbocycles. The molecule has 4 aromatic heterocycles. The largest absolute Gasteiger partial charge is 0.456 e. The first-order chi connectivity index (χ1) is 25.2. The fourth-order valence-corrected chi connectivity index (χ4v) is 8.59. The Hall–Kier alpha value is -6.63. The zero-order valence-electron chi connectivity index (χ0n) is 27.0. The minimum atomic E-state index is 0.577. The summed E-state index contributed by atoms with van der Waals surface area (Å²) in [5.41, 5.74) is 8.35. The summed E-state index contributed by atoms with van der Waals surface area (Å²) in [6, 6.07) is 52.1. The Morgan fingerprint density at radius 3 is 1.88 bits per heavy atom. The van der Waals surface area contributed by atoms with Crippen LogP contribution >= 0.6 is 11.3 Å². The molecule has 0 aliphatic carbocycles. The molecule has 0 spiro atoms. The third kappa shape index (κ3) is 4.43.